The van der Waals surface area contributed by atoms with Crippen LogP contribution >= 0.6 is 0 Å². The van der Waals surface area contributed by atoms with Crippen molar-refractivity contribution < 1.29 is 4.74 Å². The van der Waals surface area contributed by atoms with Crippen LogP contribution in [0.4, 0.5) is 0 Å². The van der Waals surface area contributed by atoms with Gasteiger partial charge in [-0.2, -0.15) is 0 Å². The molecule has 3 unspecified atom stereocenters. The fourth-order valence-corrected chi connectivity index (χ4v) is 3.34. The van der Waals surface area contributed by atoms with Crippen LogP contribution < -0.4 is 10.1 Å². The second kappa shape index (κ2) is 7.81. The van der Waals surface area contributed by atoms with Gasteiger partial charge in [0.25, 0.3) is 0 Å². The number of methoxy groups -OCH3 is 1. The van der Waals surface area contributed by atoms with Gasteiger partial charge >= 0.3 is 0 Å². The Bertz CT molecular complexity index is 435. The maximum atomic E-state index is 5.38. The maximum Gasteiger partial charge on any atom is 0.119 e. The number of hydrogen-bond donors (Lipinski definition) is 1. The first-order valence-corrected chi connectivity index (χ1v) is 8.25. The molecule has 1 aromatic carbocycles. The molecule has 0 aliphatic carbocycles. The van der Waals surface area contributed by atoms with Crippen LogP contribution in [0, 0.1) is 5.92 Å². The number of nitrogens with one attached hydrogen (secondary N) is 1. The number of rotatable bonds is 7. The van der Waals surface area contributed by atoms with Crippen molar-refractivity contribution in [3.63, 3.8) is 0 Å². The normalized spacial score (nSPS) is 24.2. The van der Waals surface area contributed by atoms with Crippen molar-refractivity contribution in [3.8, 4) is 5.75 Å². The molecule has 1 fully saturated rings. The molecule has 0 bridgehead atoms. The lowest BCUT2D eigenvalue weighted by atomic mass is 10.1. The van der Waals surface area contributed by atoms with Crippen molar-refractivity contribution in [1.29, 1.82) is 0 Å². The fourth-order valence-electron chi connectivity index (χ4n) is 3.34. The number of hydrogen-bond acceptors (Lipinski definition) is 3. The molecule has 0 aromatic heterocycles. The summed E-state index contributed by atoms with van der Waals surface area (Å²) in [6, 6.07) is 9.55. The number of likely N-dealkylation sites (tertiary alicyclic amines) is 1. The average molecular weight is 290 g/mol. The standard InChI is InChI=1S/C18H30N2O/c1-5-9-19-18(13-20-12-14(2)10-15(20)3)16-7-6-8-17(11-16)21-4/h6-8,11,14-15,18-19H,5,9-10,12-13H2,1-4H3. The van der Waals surface area contributed by atoms with Gasteiger partial charge in [-0.25, -0.2) is 0 Å². The highest BCUT2D eigenvalue weighted by atomic mass is 16.5. The van der Waals surface area contributed by atoms with E-state index >= 15 is 0 Å². The highest BCUT2D eigenvalue weighted by Gasteiger charge is 2.28. The van der Waals surface area contributed by atoms with Crippen LogP contribution in [0.2, 0.25) is 0 Å². The second-order valence-corrected chi connectivity index (χ2v) is 6.43. The molecule has 3 atom stereocenters. The van der Waals surface area contributed by atoms with Gasteiger partial charge in [0.1, 0.15) is 5.75 Å². The first-order valence-electron chi connectivity index (χ1n) is 8.25. The molecule has 1 heterocycles. The SMILES string of the molecule is CCCNC(CN1CC(C)CC1C)c1cccc(OC)c1. The number of ether oxygens (including phenoxy) is 1. The third-order valence-corrected chi connectivity index (χ3v) is 4.47. The zero-order valence-corrected chi connectivity index (χ0v) is 13.9. The van der Waals surface area contributed by atoms with Gasteiger partial charge in [0, 0.05) is 25.2 Å². The van der Waals surface area contributed by atoms with Gasteiger partial charge in [0.2, 0.25) is 0 Å². The maximum absolute atomic E-state index is 5.38. The summed E-state index contributed by atoms with van der Waals surface area (Å²) in [5.74, 6) is 1.76. The molecule has 3 nitrogen and oxygen atoms in total. The molecule has 1 N–H and O–H groups in total. The lowest BCUT2D eigenvalue weighted by Gasteiger charge is -2.28. The molecule has 3 heteroatoms. The lowest BCUT2D eigenvalue weighted by Crippen LogP contribution is -2.37. The summed E-state index contributed by atoms with van der Waals surface area (Å²) < 4.78 is 5.38. The Hall–Kier alpha value is -1.06. The largest absolute Gasteiger partial charge is 0.497 e. The summed E-state index contributed by atoms with van der Waals surface area (Å²) in [5.41, 5.74) is 1.33. The molecular formula is C18H30N2O. The van der Waals surface area contributed by atoms with Gasteiger partial charge in [-0.15, -0.1) is 0 Å². The van der Waals surface area contributed by atoms with Gasteiger partial charge in [0.15, 0.2) is 0 Å². The van der Waals surface area contributed by atoms with Crippen molar-refractivity contribution >= 4 is 0 Å². The zero-order valence-electron chi connectivity index (χ0n) is 13.9. The van der Waals surface area contributed by atoms with Crippen molar-refractivity contribution in [2.45, 2.75) is 45.7 Å². The van der Waals surface area contributed by atoms with Crippen LogP contribution in [0.25, 0.3) is 0 Å². The molecule has 1 aromatic rings. The van der Waals surface area contributed by atoms with Crippen LogP contribution in [-0.2, 0) is 0 Å². The summed E-state index contributed by atoms with van der Waals surface area (Å²) in [6.07, 6.45) is 2.48. The van der Waals surface area contributed by atoms with E-state index < -0.39 is 0 Å². The van der Waals surface area contributed by atoms with Crippen molar-refractivity contribution in [2.75, 3.05) is 26.7 Å². The number of benzene rings is 1. The Balaban J connectivity index is 2.09. The fraction of sp³-hybridized carbons (Fsp3) is 0.667. The molecule has 21 heavy (non-hydrogen) atoms. The van der Waals surface area contributed by atoms with E-state index in [0.29, 0.717) is 12.1 Å². The van der Waals surface area contributed by atoms with E-state index in [-0.39, 0.29) is 0 Å². The van der Waals surface area contributed by atoms with Gasteiger partial charge in [-0.3, -0.25) is 4.90 Å². The Morgan fingerprint density at radius 2 is 2.19 bits per heavy atom. The summed E-state index contributed by atoms with van der Waals surface area (Å²) in [4.78, 5) is 2.62. The third kappa shape index (κ3) is 4.45. The predicted molar refractivity (Wildman–Crippen MR) is 88.8 cm³/mol. The topological polar surface area (TPSA) is 24.5 Å². The first kappa shape index (κ1) is 16.3. The van der Waals surface area contributed by atoms with E-state index in [0.717, 1.165) is 31.2 Å². The Labute approximate surface area is 129 Å². The van der Waals surface area contributed by atoms with E-state index in [4.69, 9.17) is 4.74 Å². The molecule has 1 saturated heterocycles. The quantitative estimate of drug-likeness (QED) is 0.832. The Morgan fingerprint density at radius 3 is 2.81 bits per heavy atom. The van der Waals surface area contributed by atoms with E-state index in [1.54, 1.807) is 7.11 Å². The second-order valence-electron chi connectivity index (χ2n) is 6.43. The van der Waals surface area contributed by atoms with E-state index in [9.17, 15) is 0 Å². The smallest absolute Gasteiger partial charge is 0.119 e. The van der Waals surface area contributed by atoms with Crippen LogP contribution in [0.3, 0.4) is 0 Å². The molecule has 0 amide bonds. The molecule has 1 aliphatic heterocycles. The predicted octanol–water partition coefficient (Wildman–Crippen LogP) is 3.47. The first-order chi connectivity index (χ1) is 10.1. The van der Waals surface area contributed by atoms with Crippen LogP contribution in [0.15, 0.2) is 24.3 Å². The molecule has 118 valence electrons. The Morgan fingerprint density at radius 1 is 1.38 bits per heavy atom. The van der Waals surface area contributed by atoms with E-state index in [1.165, 1.54) is 18.5 Å². The minimum Gasteiger partial charge on any atom is -0.497 e. The van der Waals surface area contributed by atoms with Gasteiger partial charge in [-0.1, -0.05) is 26.0 Å². The monoisotopic (exact) mass is 290 g/mol. The van der Waals surface area contributed by atoms with E-state index in [1.807, 2.05) is 6.07 Å². The minimum absolute atomic E-state index is 0.382. The zero-order chi connectivity index (χ0) is 15.2. The Kier molecular flexibility index (Phi) is 6.07. The van der Waals surface area contributed by atoms with Crippen LogP contribution in [0.1, 0.15) is 45.2 Å². The summed E-state index contributed by atoms with van der Waals surface area (Å²) in [5, 5.41) is 3.70. The summed E-state index contributed by atoms with van der Waals surface area (Å²) >= 11 is 0. The molecule has 2 rings (SSSR count). The average Bonchev–Trinajstić information content (AvgIpc) is 2.81. The molecular weight excluding hydrogens is 260 g/mol. The highest BCUT2D eigenvalue weighted by molar-refractivity contribution is 5.30. The molecule has 0 radical (unpaired) electrons. The van der Waals surface area contributed by atoms with E-state index in [2.05, 4.69) is 49.2 Å². The number of nitrogens with zero attached hydrogens (tertiary/aromatic N) is 1. The molecule has 1 aliphatic rings. The highest BCUT2D eigenvalue weighted by Crippen LogP contribution is 2.26. The molecule has 0 spiro atoms. The third-order valence-electron chi connectivity index (χ3n) is 4.47. The van der Waals surface area contributed by atoms with Crippen molar-refractivity contribution in [3.05, 3.63) is 29.8 Å². The van der Waals surface area contributed by atoms with Crippen LogP contribution in [0.5, 0.6) is 5.75 Å². The van der Waals surface area contributed by atoms with Gasteiger partial charge in [-0.05, 0) is 49.9 Å². The van der Waals surface area contributed by atoms with Crippen LogP contribution in [-0.4, -0.2) is 37.7 Å². The molecule has 0 saturated carbocycles. The lowest BCUT2D eigenvalue weighted by molar-refractivity contribution is 0.234. The minimum atomic E-state index is 0.382. The summed E-state index contributed by atoms with van der Waals surface area (Å²) in [6.45, 7) is 10.3. The van der Waals surface area contributed by atoms with Gasteiger partial charge < -0.3 is 10.1 Å². The van der Waals surface area contributed by atoms with Crippen molar-refractivity contribution in [1.82, 2.24) is 10.2 Å². The summed E-state index contributed by atoms with van der Waals surface area (Å²) in [7, 11) is 1.73. The van der Waals surface area contributed by atoms with Gasteiger partial charge in [0.05, 0.1) is 7.11 Å². The van der Waals surface area contributed by atoms with Crippen molar-refractivity contribution in [2.24, 2.45) is 5.92 Å².